The number of phosphoric ester groups is 2. The fourth-order valence-corrected chi connectivity index (χ4v) is 8.22. The van der Waals surface area contributed by atoms with E-state index in [-0.39, 0.29) is 25.7 Å². The molecule has 0 heterocycles. The third kappa shape index (κ3) is 33.4. The van der Waals surface area contributed by atoms with Gasteiger partial charge in [0.1, 0.15) is 43.2 Å². The average Bonchev–Trinajstić information content (AvgIpc) is 3.33. The summed E-state index contributed by atoms with van der Waals surface area (Å²) in [6.07, 6.45) is 26.8. The molecule has 0 aromatic carbocycles. The van der Waals surface area contributed by atoms with Crippen molar-refractivity contribution in [2.24, 2.45) is 0 Å². The molecule has 1 saturated carbocycles. The topological polar surface area (TPSA) is 317 Å². The maximum Gasteiger partial charge on any atom is 0.472 e. The lowest BCUT2D eigenvalue weighted by Gasteiger charge is -2.43. The Labute approximate surface area is 425 Å². The van der Waals surface area contributed by atoms with Gasteiger partial charge in [0.05, 0.1) is 24.9 Å². The summed E-state index contributed by atoms with van der Waals surface area (Å²) >= 11 is 0. The Morgan fingerprint density at radius 2 is 1.06 bits per heavy atom. The normalized spacial score (nSPS) is 23.0. The summed E-state index contributed by atoms with van der Waals surface area (Å²) in [5.41, 5.74) is 0. The molecule has 1 aliphatic carbocycles. The van der Waals surface area contributed by atoms with Crippen LogP contribution in [0.15, 0.2) is 109 Å². The van der Waals surface area contributed by atoms with Gasteiger partial charge in [0, 0.05) is 12.8 Å². The second kappa shape index (κ2) is 39.9. The lowest BCUT2D eigenvalue weighted by Crippen LogP contribution is -2.64. The molecule has 0 aliphatic heterocycles. The van der Waals surface area contributed by atoms with Gasteiger partial charge in [-0.1, -0.05) is 155 Å². The van der Waals surface area contributed by atoms with Crippen molar-refractivity contribution < 1.29 is 92.2 Å². The minimum absolute atomic E-state index is 0.00591. The number of carbonyl (C=O) groups is 2. The molecule has 0 bridgehead atoms. The van der Waals surface area contributed by atoms with Gasteiger partial charge in [0.2, 0.25) is 0 Å². The first kappa shape index (κ1) is 66.6. The van der Waals surface area contributed by atoms with Crippen LogP contribution in [0.3, 0.4) is 0 Å². The molecular formula is C51H82O19P2. The molecule has 11 atom stereocenters. The van der Waals surface area contributed by atoms with Crippen molar-refractivity contribution in [2.45, 2.75) is 184 Å². The van der Waals surface area contributed by atoms with Crippen LogP contribution in [0.5, 0.6) is 0 Å². The van der Waals surface area contributed by atoms with Crippen LogP contribution in [0.2, 0.25) is 0 Å². The van der Waals surface area contributed by atoms with E-state index in [4.69, 9.17) is 18.5 Å². The Morgan fingerprint density at radius 3 is 1.62 bits per heavy atom. The zero-order chi connectivity index (χ0) is 53.6. The molecule has 0 amide bonds. The van der Waals surface area contributed by atoms with Gasteiger partial charge in [-0.2, -0.15) is 0 Å². The third-order valence-corrected chi connectivity index (χ3v) is 12.2. The maximum absolute atomic E-state index is 13.0. The van der Waals surface area contributed by atoms with Gasteiger partial charge in [-0.15, -0.1) is 0 Å². The standard InChI is InChI=1S/C51H82O19P2/c1-3-5-7-8-9-10-11-12-13-14-15-16-17-18-19-20-21-26-30-36-44(55)66-38-41(39-67-72(64,65)70-51-48(59)46(57)47(58)50(49(51)60)69-71(61,62)63)68-45(56)37-31-35-43(54)42(53)34-29-25-23-22-24-28-33-40(52)32-27-6-4-2/h9-10,12-13,15-16,18-19,21-26,28-29,33-34,40-43,46-54,57-60H,3-8,11,14,17,20,27,30-32,35-39H2,1-2H3,(H,64,65)(H2,61,62,63)/b10-9-,13-12-,16-15-,19-18-,24-22-,25-23+,26-21-,33-28+,34-29+/t40-,41+,42-,43-,46?,47?,48?,49?,50+,51-/m0/s1. The second-order valence-electron chi connectivity index (χ2n) is 17.0. The molecule has 1 aliphatic rings. The molecule has 410 valence electrons. The predicted molar refractivity (Wildman–Crippen MR) is 273 cm³/mol. The largest absolute Gasteiger partial charge is 0.472 e. The number of phosphoric acid groups is 2. The van der Waals surface area contributed by atoms with Gasteiger partial charge in [-0.25, -0.2) is 9.13 Å². The van der Waals surface area contributed by atoms with Crippen LogP contribution in [-0.4, -0.2) is 137 Å². The SMILES string of the molecule is CCCCC/C=C\C/C=C\C/C=C\C/C=C\C/C=C\CCC(=O)OC[C@H](COP(=O)(O)O[C@H]1C(O)C(O)C(O)[C@@H](OP(=O)(O)O)C1O)OC(=O)CCC[C@H](O)[C@@H](O)/C=C/C=C/C=C\C=C\[C@@H](O)CCCCC. The molecule has 19 nitrogen and oxygen atoms in total. The molecular weight excluding hydrogens is 978 g/mol. The van der Waals surface area contributed by atoms with Gasteiger partial charge < -0.3 is 59.9 Å². The van der Waals surface area contributed by atoms with Crippen molar-refractivity contribution in [3.63, 3.8) is 0 Å². The Bertz CT molecular complexity index is 1850. The van der Waals surface area contributed by atoms with Gasteiger partial charge in [0.15, 0.2) is 6.10 Å². The van der Waals surface area contributed by atoms with Crippen molar-refractivity contribution in [2.75, 3.05) is 13.2 Å². The second-order valence-corrected chi connectivity index (χ2v) is 19.6. The molecule has 0 aromatic heterocycles. The molecule has 0 radical (unpaired) electrons. The summed E-state index contributed by atoms with van der Waals surface area (Å²) < 4.78 is 49.1. The van der Waals surface area contributed by atoms with Crippen LogP contribution in [0.4, 0.5) is 0 Å². The number of ether oxygens (including phenoxy) is 2. The van der Waals surface area contributed by atoms with Crippen molar-refractivity contribution in [3.05, 3.63) is 109 Å². The van der Waals surface area contributed by atoms with E-state index in [1.807, 2.05) is 18.2 Å². The molecule has 21 heteroatoms. The minimum Gasteiger partial charge on any atom is -0.462 e. The van der Waals surface area contributed by atoms with Crippen LogP contribution < -0.4 is 0 Å². The number of aliphatic hydroxyl groups excluding tert-OH is 7. The van der Waals surface area contributed by atoms with E-state index in [2.05, 4.69) is 54.8 Å². The van der Waals surface area contributed by atoms with Crippen LogP contribution in [0.1, 0.15) is 123 Å². The highest BCUT2D eigenvalue weighted by Crippen LogP contribution is 2.49. The quantitative estimate of drug-likeness (QED) is 0.0101. The zero-order valence-corrected chi connectivity index (χ0v) is 43.4. The number of allylic oxidation sites excluding steroid dienone is 16. The number of hydrogen-bond acceptors (Lipinski definition) is 16. The van der Waals surface area contributed by atoms with Crippen LogP contribution in [-0.2, 0) is 41.8 Å². The summed E-state index contributed by atoms with van der Waals surface area (Å²) in [6, 6.07) is 0. The van der Waals surface area contributed by atoms with E-state index in [1.165, 1.54) is 31.4 Å². The number of rotatable bonds is 39. The summed E-state index contributed by atoms with van der Waals surface area (Å²) in [5.74, 6) is -1.64. The monoisotopic (exact) mass is 1060 g/mol. The number of esters is 2. The predicted octanol–water partition coefficient (Wildman–Crippen LogP) is 6.64. The summed E-state index contributed by atoms with van der Waals surface area (Å²) in [6.45, 7) is 2.62. The van der Waals surface area contributed by atoms with Crippen molar-refractivity contribution in [1.29, 1.82) is 0 Å². The van der Waals surface area contributed by atoms with Crippen LogP contribution in [0, 0.1) is 0 Å². The minimum atomic E-state index is -5.43. The molecule has 5 unspecified atom stereocenters. The van der Waals surface area contributed by atoms with Crippen molar-refractivity contribution in [3.8, 4) is 0 Å². The van der Waals surface area contributed by atoms with Gasteiger partial charge in [-0.05, 0) is 64.2 Å². The maximum atomic E-state index is 13.0. The molecule has 10 N–H and O–H groups in total. The summed E-state index contributed by atoms with van der Waals surface area (Å²) in [5, 5.41) is 72.0. The fraction of sp³-hybridized carbons (Fsp3) is 0.608. The van der Waals surface area contributed by atoms with Crippen molar-refractivity contribution in [1.82, 2.24) is 0 Å². The first-order valence-corrected chi connectivity index (χ1v) is 27.8. The molecule has 0 spiro atoms. The zero-order valence-electron chi connectivity index (χ0n) is 41.6. The Morgan fingerprint density at radius 1 is 0.542 bits per heavy atom. The van der Waals surface area contributed by atoms with E-state index in [9.17, 15) is 69.1 Å². The summed E-state index contributed by atoms with van der Waals surface area (Å²) in [7, 11) is -10.9. The van der Waals surface area contributed by atoms with Crippen molar-refractivity contribution >= 4 is 27.6 Å². The molecule has 0 saturated heterocycles. The summed E-state index contributed by atoms with van der Waals surface area (Å²) in [4.78, 5) is 54.4. The molecule has 1 fully saturated rings. The Kier molecular flexibility index (Phi) is 36.9. The van der Waals surface area contributed by atoms with E-state index in [0.29, 0.717) is 19.3 Å². The van der Waals surface area contributed by atoms with Gasteiger partial charge in [0.25, 0.3) is 0 Å². The van der Waals surface area contributed by atoms with Gasteiger partial charge >= 0.3 is 27.6 Å². The molecule has 1 rings (SSSR count). The smallest absolute Gasteiger partial charge is 0.462 e. The number of unbranched alkanes of at least 4 members (excludes halogenated alkanes) is 5. The van der Waals surface area contributed by atoms with E-state index in [0.717, 1.165) is 44.9 Å². The van der Waals surface area contributed by atoms with Crippen LogP contribution in [0.25, 0.3) is 0 Å². The Hall–Kier alpha value is -3.46. The number of aliphatic hydroxyl groups is 7. The first-order chi connectivity index (χ1) is 34.3. The lowest BCUT2D eigenvalue weighted by molar-refractivity contribution is -0.216. The van der Waals surface area contributed by atoms with E-state index < -0.39 is 102 Å². The highest BCUT2D eigenvalue weighted by molar-refractivity contribution is 7.47. The first-order valence-electron chi connectivity index (χ1n) is 24.8. The highest BCUT2D eigenvalue weighted by Gasteiger charge is 2.54. The highest BCUT2D eigenvalue weighted by atomic mass is 31.2. The van der Waals surface area contributed by atoms with Crippen LogP contribution >= 0.6 is 15.6 Å². The Balaban J connectivity index is 2.78. The third-order valence-electron chi connectivity index (χ3n) is 10.7. The number of hydrogen-bond donors (Lipinski definition) is 10. The average molecular weight is 1060 g/mol. The van der Waals surface area contributed by atoms with Gasteiger partial charge in [-0.3, -0.25) is 23.2 Å². The molecule has 72 heavy (non-hydrogen) atoms. The number of carbonyl (C=O) groups excluding carboxylic acids is 2. The van der Waals surface area contributed by atoms with E-state index in [1.54, 1.807) is 42.5 Å². The fourth-order valence-electron chi connectivity index (χ4n) is 6.68. The lowest BCUT2D eigenvalue weighted by atomic mass is 9.85. The van der Waals surface area contributed by atoms with E-state index >= 15 is 0 Å². The molecule has 0 aromatic rings.